The largest absolute Gasteiger partial charge is 0.489 e. The lowest BCUT2D eigenvalue weighted by atomic mass is 10.2. The Morgan fingerprint density at radius 1 is 0.956 bits per heavy atom. The van der Waals surface area contributed by atoms with Crippen LogP contribution in [0.5, 0.6) is 5.75 Å². The van der Waals surface area contributed by atoms with Crippen LogP contribution in [0, 0.1) is 13.8 Å². The Morgan fingerprint density at radius 3 is 2.53 bits per heavy atom. The van der Waals surface area contributed by atoms with E-state index in [4.69, 9.17) is 25.7 Å². The highest BCUT2D eigenvalue weighted by atomic mass is 79.9. The molecule has 222 valence electrons. The molecule has 0 radical (unpaired) electrons. The van der Waals surface area contributed by atoms with Crippen molar-refractivity contribution in [3.63, 3.8) is 0 Å². The van der Waals surface area contributed by atoms with Gasteiger partial charge in [-0.25, -0.2) is 4.98 Å². The Labute approximate surface area is 272 Å². The molecule has 0 aliphatic carbocycles. The summed E-state index contributed by atoms with van der Waals surface area (Å²) in [6.07, 6.45) is 1.69. The Kier molecular flexibility index (Phi) is 7.61. The molecule has 3 heterocycles. The first kappa shape index (κ1) is 28.8. The van der Waals surface area contributed by atoms with Crippen molar-refractivity contribution in [3.8, 4) is 23.0 Å². The van der Waals surface area contributed by atoms with E-state index in [0.29, 0.717) is 39.7 Å². The number of aryl methyl sites for hydroxylation is 1. The highest BCUT2D eigenvalue weighted by Gasteiger charge is 2.17. The lowest BCUT2D eigenvalue weighted by Crippen LogP contribution is -2.20. The summed E-state index contributed by atoms with van der Waals surface area (Å²) in [6.45, 7) is 4.55. The van der Waals surface area contributed by atoms with Crippen molar-refractivity contribution in [2.24, 2.45) is 5.10 Å². The van der Waals surface area contributed by atoms with Gasteiger partial charge in [0.05, 0.1) is 17.1 Å². The molecule has 0 saturated carbocycles. The molecule has 0 atom stereocenters. The standard InChI is InChI=1S/C36H26BrClN4O3/c1-22-17-26(23(2)41(22)29-12-14-30(15-13-29)44-21-24-7-9-27(37)10-8-24)20-39-42-35(40-32-6-4-3-5-31(32)36(42)43)34-19-25-18-28(38)11-16-33(25)45-34/h3-20H,21H2,1-2H3. The lowest BCUT2D eigenvalue weighted by Gasteiger charge is -2.12. The van der Waals surface area contributed by atoms with Crippen LogP contribution in [0.4, 0.5) is 0 Å². The van der Waals surface area contributed by atoms with Crippen molar-refractivity contribution in [1.82, 2.24) is 14.2 Å². The van der Waals surface area contributed by atoms with Crippen molar-refractivity contribution in [2.75, 3.05) is 0 Å². The van der Waals surface area contributed by atoms with Crippen molar-refractivity contribution in [3.05, 3.63) is 145 Å². The second-order valence-corrected chi connectivity index (χ2v) is 12.0. The van der Waals surface area contributed by atoms with Crippen LogP contribution >= 0.6 is 27.5 Å². The minimum atomic E-state index is -0.294. The third-order valence-electron chi connectivity index (χ3n) is 7.65. The Bertz CT molecular complexity index is 2280. The molecular formula is C36H26BrClN4O3. The second-order valence-electron chi connectivity index (χ2n) is 10.7. The van der Waals surface area contributed by atoms with E-state index in [-0.39, 0.29) is 5.56 Å². The molecule has 7 aromatic rings. The number of hydrogen-bond donors (Lipinski definition) is 0. The molecule has 0 spiro atoms. The van der Waals surface area contributed by atoms with Gasteiger partial charge in [-0.3, -0.25) is 4.79 Å². The Hall–Kier alpha value is -4.92. The van der Waals surface area contributed by atoms with Crippen LogP contribution in [0.15, 0.2) is 122 Å². The summed E-state index contributed by atoms with van der Waals surface area (Å²) in [5.41, 5.74) is 5.86. The fourth-order valence-corrected chi connectivity index (χ4v) is 5.83. The monoisotopic (exact) mass is 676 g/mol. The van der Waals surface area contributed by atoms with Crippen molar-refractivity contribution in [2.45, 2.75) is 20.5 Å². The smallest absolute Gasteiger partial charge is 0.282 e. The van der Waals surface area contributed by atoms with Gasteiger partial charge in [0.1, 0.15) is 17.9 Å². The van der Waals surface area contributed by atoms with Gasteiger partial charge in [-0.05, 0) is 98.3 Å². The van der Waals surface area contributed by atoms with Gasteiger partial charge in [-0.1, -0.05) is 51.8 Å². The molecule has 0 aliphatic rings. The molecule has 0 fully saturated rings. The second kappa shape index (κ2) is 11.9. The maximum atomic E-state index is 13.7. The predicted octanol–water partition coefficient (Wildman–Crippen LogP) is 9.09. The third-order valence-corrected chi connectivity index (χ3v) is 8.41. The SMILES string of the molecule is Cc1cc(C=Nn2c(-c3cc4cc(Cl)ccc4o3)nc3ccccc3c2=O)c(C)n1-c1ccc(OCc2ccc(Br)cc2)cc1. The van der Waals surface area contributed by atoms with Gasteiger partial charge in [-0.2, -0.15) is 9.78 Å². The summed E-state index contributed by atoms with van der Waals surface area (Å²) in [4.78, 5) is 18.5. The molecule has 7 rings (SSSR count). The molecule has 0 saturated heterocycles. The highest BCUT2D eigenvalue weighted by molar-refractivity contribution is 9.10. The summed E-state index contributed by atoms with van der Waals surface area (Å²) in [5.74, 6) is 1.50. The predicted molar refractivity (Wildman–Crippen MR) is 183 cm³/mol. The average molecular weight is 678 g/mol. The lowest BCUT2D eigenvalue weighted by molar-refractivity contribution is 0.306. The first-order valence-electron chi connectivity index (χ1n) is 14.3. The normalized spacial score (nSPS) is 11.6. The number of hydrogen-bond acceptors (Lipinski definition) is 5. The van der Waals surface area contributed by atoms with Gasteiger partial charge in [0, 0.05) is 37.5 Å². The van der Waals surface area contributed by atoms with E-state index < -0.39 is 0 Å². The van der Waals surface area contributed by atoms with Crippen LogP contribution in [0.1, 0.15) is 22.5 Å². The number of para-hydroxylation sites is 1. The fraction of sp³-hybridized carbons (Fsp3) is 0.0833. The molecule has 0 aliphatic heterocycles. The van der Waals surface area contributed by atoms with Crippen molar-refractivity contribution in [1.29, 1.82) is 0 Å². The molecule has 3 aromatic heterocycles. The number of ether oxygens (including phenoxy) is 1. The van der Waals surface area contributed by atoms with E-state index >= 15 is 0 Å². The summed E-state index contributed by atoms with van der Waals surface area (Å²) in [5, 5.41) is 6.53. The molecule has 45 heavy (non-hydrogen) atoms. The zero-order valence-corrected chi connectivity index (χ0v) is 26.7. The van der Waals surface area contributed by atoms with Gasteiger partial charge in [0.2, 0.25) is 5.82 Å². The first-order valence-corrected chi connectivity index (χ1v) is 15.4. The van der Waals surface area contributed by atoms with E-state index in [9.17, 15) is 4.79 Å². The average Bonchev–Trinajstić information content (AvgIpc) is 3.59. The van der Waals surface area contributed by atoms with E-state index in [1.54, 1.807) is 30.5 Å². The fourth-order valence-electron chi connectivity index (χ4n) is 5.39. The molecule has 9 heteroatoms. The number of benzene rings is 4. The summed E-state index contributed by atoms with van der Waals surface area (Å²) in [7, 11) is 0. The van der Waals surface area contributed by atoms with E-state index in [0.717, 1.165) is 43.8 Å². The van der Waals surface area contributed by atoms with Gasteiger partial charge >= 0.3 is 0 Å². The topological polar surface area (TPSA) is 74.5 Å². The van der Waals surface area contributed by atoms with Crippen LogP contribution in [0.2, 0.25) is 5.02 Å². The molecule has 4 aromatic carbocycles. The van der Waals surface area contributed by atoms with Gasteiger partial charge < -0.3 is 13.7 Å². The van der Waals surface area contributed by atoms with Crippen LogP contribution in [-0.2, 0) is 6.61 Å². The number of fused-ring (bicyclic) bond motifs is 2. The Balaban J connectivity index is 1.21. The Morgan fingerprint density at radius 2 is 1.73 bits per heavy atom. The summed E-state index contributed by atoms with van der Waals surface area (Å²) in [6, 6.07) is 32.5. The highest BCUT2D eigenvalue weighted by Crippen LogP contribution is 2.29. The van der Waals surface area contributed by atoms with Crippen LogP contribution in [-0.4, -0.2) is 20.4 Å². The number of furan rings is 1. The number of halogens is 2. The maximum absolute atomic E-state index is 13.7. The molecular weight excluding hydrogens is 652 g/mol. The summed E-state index contributed by atoms with van der Waals surface area (Å²) >= 11 is 9.67. The first-order chi connectivity index (χ1) is 21.8. The minimum Gasteiger partial charge on any atom is -0.489 e. The molecule has 0 N–H and O–H groups in total. The maximum Gasteiger partial charge on any atom is 0.282 e. The molecule has 7 nitrogen and oxygen atoms in total. The van der Waals surface area contributed by atoms with Gasteiger partial charge in [-0.15, -0.1) is 0 Å². The van der Waals surface area contributed by atoms with E-state index in [1.165, 1.54) is 4.68 Å². The molecule has 0 bridgehead atoms. The van der Waals surface area contributed by atoms with Crippen LogP contribution in [0.3, 0.4) is 0 Å². The summed E-state index contributed by atoms with van der Waals surface area (Å²) < 4.78 is 16.6. The number of aromatic nitrogens is 3. The van der Waals surface area contributed by atoms with E-state index in [2.05, 4.69) is 25.6 Å². The van der Waals surface area contributed by atoms with Gasteiger partial charge in [0.15, 0.2) is 5.76 Å². The van der Waals surface area contributed by atoms with Crippen LogP contribution < -0.4 is 10.3 Å². The number of rotatable bonds is 7. The van der Waals surface area contributed by atoms with Crippen molar-refractivity contribution < 1.29 is 9.15 Å². The third kappa shape index (κ3) is 5.70. The molecule has 0 unspecified atom stereocenters. The van der Waals surface area contributed by atoms with E-state index in [1.807, 2.05) is 92.7 Å². The minimum absolute atomic E-state index is 0.294. The number of nitrogens with zero attached hydrogens (tertiary/aromatic N) is 4. The zero-order chi connectivity index (χ0) is 31.1. The van der Waals surface area contributed by atoms with Crippen molar-refractivity contribution >= 4 is 55.6 Å². The van der Waals surface area contributed by atoms with Crippen LogP contribution in [0.25, 0.3) is 39.1 Å². The van der Waals surface area contributed by atoms with Gasteiger partial charge in [0.25, 0.3) is 5.56 Å². The quantitative estimate of drug-likeness (QED) is 0.158. The zero-order valence-electron chi connectivity index (χ0n) is 24.4. The molecule has 0 amide bonds.